The number of aliphatic hydroxyl groups is 1. The van der Waals surface area contributed by atoms with E-state index in [1.54, 1.807) is 6.92 Å². The van der Waals surface area contributed by atoms with Gasteiger partial charge in [-0.05, 0) is 12.5 Å². The summed E-state index contributed by atoms with van der Waals surface area (Å²) < 4.78 is 4.86. The van der Waals surface area contributed by atoms with Crippen LogP contribution in [0.15, 0.2) is 21.7 Å². The summed E-state index contributed by atoms with van der Waals surface area (Å²) in [7, 11) is 1.00. The Hall–Kier alpha value is -2.95. The van der Waals surface area contributed by atoms with Gasteiger partial charge >= 0.3 is 17.9 Å². The van der Waals surface area contributed by atoms with Crippen molar-refractivity contribution in [2.45, 2.75) is 19.8 Å². The Bertz CT molecular complexity index is 570. The number of hydrogen-bond acceptors (Lipinski definition) is 7. The van der Waals surface area contributed by atoms with Gasteiger partial charge in [-0.1, -0.05) is 6.92 Å². The summed E-state index contributed by atoms with van der Waals surface area (Å²) in [5.41, 5.74) is 0. The normalized spacial score (nSPS) is 13.3. The van der Waals surface area contributed by atoms with Crippen LogP contribution in [0.5, 0.6) is 0 Å². The first-order chi connectivity index (χ1) is 11.4. The number of carboxylic acids is 1. The summed E-state index contributed by atoms with van der Waals surface area (Å²) in [5, 5.41) is 32.8. The first kappa shape index (κ1) is 21.0. The van der Waals surface area contributed by atoms with Crippen molar-refractivity contribution in [3.63, 3.8) is 0 Å². The minimum atomic E-state index is -0.745. The first-order valence-electron chi connectivity index (χ1n) is 6.94. The Labute approximate surface area is 137 Å². The summed E-state index contributed by atoms with van der Waals surface area (Å²) in [6.07, 6.45) is 2.30. The number of nitrogens with one attached hydrogen (secondary N) is 1. The topological polar surface area (TPSA) is 159 Å². The molecule has 2 rings (SSSR count). The maximum absolute atomic E-state index is 11.3. The maximum atomic E-state index is 11.3. The van der Waals surface area contributed by atoms with Crippen molar-refractivity contribution >= 4 is 24.1 Å². The molecule has 134 valence electrons. The number of nitrogens with zero attached hydrogens (tertiary/aromatic N) is 3. The van der Waals surface area contributed by atoms with Gasteiger partial charge in [0, 0.05) is 26.6 Å². The van der Waals surface area contributed by atoms with Crippen molar-refractivity contribution < 1.29 is 29.1 Å². The van der Waals surface area contributed by atoms with E-state index in [1.165, 1.54) is 23.4 Å². The number of nitro groups is 1. The highest BCUT2D eigenvalue weighted by atomic mass is 16.6. The lowest BCUT2D eigenvalue weighted by atomic mass is 10.4. The third-order valence-corrected chi connectivity index (χ3v) is 2.48. The van der Waals surface area contributed by atoms with Crippen LogP contribution in [-0.4, -0.2) is 58.6 Å². The van der Waals surface area contributed by atoms with Crippen molar-refractivity contribution in [2.24, 2.45) is 5.10 Å². The zero-order valence-electron chi connectivity index (χ0n) is 13.3. The first-order valence-corrected chi connectivity index (χ1v) is 6.94. The molecule has 2 amide bonds. The molecule has 1 saturated heterocycles. The van der Waals surface area contributed by atoms with Gasteiger partial charge in [0.2, 0.25) is 0 Å². The molecule has 0 aliphatic carbocycles. The second-order valence-corrected chi connectivity index (χ2v) is 4.13. The summed E-state index contributed by atoms with van der Waals surface area (Å²) in [4.78, 5) is 30.4. The SMILES string of the molecule is CCC(=O)O.CO.O=C1NCCCN1N=Cc1ccc([N+](=O)[O-])o1. The number of urea groups is 1. The number of carbonyl (C=O) groups is 2. The third-order valence-electron chi connectivity index (χ3n) is 2.48. The number of furan rings is 1. The van der Waals surface area contributed by atoms with Crippen molar-refractivity contribution in [1.82, 2.24) is 10.3 Å². The minimum Gasteiger partial charge on any atom is -0.481 e. The van der Waals surface area contributed by atoms with Gasteiger partial charge in [0.05, 0.1) is 12.3 Å². The van der Waals surface area contributed by atoms with Crippen LogP contribution in [-0.2, 0) is 4.79 Å². The fraction of sp³-hybridized carbons (Fsp3) is 0.462. The van der Waals surface area contributed by atoms with E-state index in [1.807, 2.05) is 0 Å². The Morgan fingerprint density at radius 2 is 2.17 bits per heavy atom. The van der Waals surface area contributed by atoms with Crippen LogP contribution in [0.1, 0.15) is 25.5 Å². The van der Waals surface area contributed by atoms with Crippen LogP contribution < -0.4 is 5.32 Å². The summed E-state index contributed by atoms with van der Waals surface area (Å²) in [5.74, 6) is -0.866. The second kappa shape index (κ2) is 11.6. The smallest absolute Gasteiger partial charge is 0.433 e. The molecule has 0 radical (unpaired) electrons. The average Bonchev–Trinajstić information content (AvgIpc) is 3.06. The minimum absolute atomic E-state index is 0.222. The lowest BCUT2D eigenvalue weighted by Crippen LogP contribution is -2.43. The number of carboxylic acid groups (broad SMARTS) is 1. The van der Waals surface area contributed by atoms with Crippen LogP contribution in [0.3, 0.4) is 0 Å². The number of rotatable bonds is 4. The predicted molar refractivity (Wildman–Crippen MR) is 83.7 cm³/mol. The summed E-state index contributed by atoms with van der Waals surface area (Å²) in [6, 6.07) is 2.37. The van der Waals surface area contributed by atoms with Gasteiger partial charge in [-0.25, -0.2) is 9.80 Å². The van der Waals surface area contributed by atoms with Gasteiger partial charge in [0.25, 0.3) is 0 Å². The lowest BCUT2D eigenvalue weighted by Gasteiger charge is -2.22. The largest absolute Gasteiger partial charge is 0.481 e. The Balaban J connectivity index is 0.000000650. The van der Waals surface area contributed by atoms with Crippen molar-refractivity contribution in [2.75, 3.05) is 20.2 Å². The molecule has 0 atom stereocenters. The second-order valence-electron chi connectivity index (χ2n) is 4.13. The van der Waals surface area contributed by atoms with Crippen LogP contribution in [0.4, 0.5) is 10.7 Å². The number of amides is 2. The predicted octanol–water partition coefficient (Wildman–Crippen LogP) is 1.03. The molecular formula is C13H20N4O7. The van der Waals surface area contributed by atoms with E-state index in [2.05, 4.69) is 10.4 Å². The fourth-order valence-corrected chi connectivity index (χ4v) is 1.36. The molecule has 0 bridgehead atoms. The van der Waals surface area contributed by atoms with Crippen LogP contribution in [0, 0.1) is 10.1 Å². The molecule has 1 aliphatic rings. The zero-order valence-corrected chi connectivity index (χ0v) is 13.3. The molecule has 1 fully saturated rings. The molecule has 3 N–H and O–H groups in total. The molecule has 0 saturated carbocycles. The van der Waals surface area contributed by atoms with Gasteiger partial charge < -0.3 is 19.9 Å². The van der Waals surface area contributed by atoms with E-state index < -0.39 is 10.9 Å². The molecule has 0 aromatic carbocycles. The Kier molecular flexibility index (Phi) is 10.2. The molecule has 1 aromatic rings. The van der Waals surface area contributed by atoms with E-state index in [0.29, 0.717) is 13.1 Å². The zero-order chi connectivity index (χ0) is 18.5. The highest BCUT2D eigenvalue weighted by Gasteiger charge is 2.16. The van der Waals surface area contributed by atoms with Crippen molar-refractivity contribution in [3.05, 3.63) is 28.0 Å². The van der Waals surface area contributed by atoms with Gasteiger partial charge in [-0.3, -0.25) is 14.9 Å². The Morgan fingerprint density at radius 1 is 1.54 bits per heavy atom. The van der Waals surface area contributed by atoms with Gasteiger partial charge in [0.15, 0.2) is 5.76 Å². The number of hydrazone groups is 1. The molecule has 11 heteroatoms. The number of carbonyl (C=O) groups excluding carboxylic acids is 1. The van der Waals surface area contributed by atoms with Crippen molar-refractivity contribution in [1.29, 1.82) is 0 Å². The molecule has 1 aromatic heterocycles. The van der Waals surface area contributed by atoms with Crippen LogP contribution >= 0.6 is 0 Å². The van der Waals surface area contributed by atoms with E-state index in [0.717, 1.165) is 13.5 Å². The van der Waals surface area contributed by atoms with E-state index in [9.17, 15) is 19.7 Å². The summed E-state index contributed by atoms with van der Waals surface area (Å²) in [6.45, 7) is 2.75. The van der Waals surface area contributed by atoms with E-state index in [-0.39, 0.29) is 24.1 Å². The number of hydrogen-bond donors (Lipinski definition) is 3. The van der Waals surface area contributed by atoms with E-state index >= 15 is 0 Å². The quantitative estimate of drug-likeness (QED) is 0.418. The maximum Gasteiger partial charge on any atom is 0.433 e. The van der Waals surface area contributed by atoms with Crippen molar-refractivity contribution in [3.8, 4) is 0 Å². The molecule has 2 heterocycles. The number of aliphatic hydroxyl groups excluding tert-OH is 1. The average molecular weight is 344 g/mol. The molecule has 24 heavy (non-hydrogen) atoms. The van der Waals surface area contributed by atoms with Gasteiger partial charge in [-0.15, -0.1) is 0 Å². The van der Waals surface area contributed by atoms with Gasteiger partial charge in [-0.2, -0.15) is 5.10 Å². The third kappa shape index (κ3) is 7.89. The monoisotopic (exact) mass is 344 g/mol. The Morgan fingerprint density at radius 3 is 2.62 bits per heavy atom. The molecular weight excluding hydrogens is 324 g/mol. The number of aliphatic carboxylic acids is 1. The standard InChI is InChI=1S/C9H10N4O4.C3H6O2.CH4O/c14-9-10-4-1-5-12(9)11-6-7-2-3-8(17-7)13(15)16;1-2-3(4)5;1-2/h2-3,6H,1,4-5H2,(H,10,14);2H2,1H3,(H,4,5);2H,1H3. The molecule has 0 unspecified atom stereocenters. The highest BCUT2D eigenvalue weighted by Crippen LogP contribution is 2.14. The van der Waals surface area contributed by atoms with Gasteiger partial charge in [0.1, 0.15) is 4.92 Å². The van der Waals surface area contributed by atoms with Crippen LogP contribution in [0.2, 0.25) is 0 Å². The highest BCUT2D eigenvalue weighted by molar-refractivity contribution is 5.80. The summed E-state index contributed by atoms with van der Waals surface area (Å²) >= 11 is 0. The molecule has 11 nitrogen and oxygen atoms in total. The fourth-order valence-electron chi connectivity index (χ4n) is 1.36. The molecule has 0 spiro atoms. The van der Waals surface area contributed by atoms with E-state index in [4.69, 9.17) is 14.6 Å². The molecule has 1 aliphatic heterocycles. The lowest BCUT2D eigenvalue weighted by molar-refractivity contribution is -0.402. The van der Waals surface area contributed by atoms with Crippen LogP contribution in [0.25, 0.3) is 0 Å².